The Bertz CT molecular complexity index is 1410. The Morgan fingerprint density at radius 1 is 1.05 bits per heavy atom. The number of imide groups is 2. The maximum atomic E-state index is 13.0. The summed E-state index contributed by atoms with van der Waals surface area (Å²) in [5.74, 6) is -2.28. The molecule has 3 aliphatic rings. The summed E-state index contributed by atoms with van der Waals surface area (Å²) in [6.45, 7) is 0.428. The first-order chi connectivity index (χ1) is 18.1. The van der Waals surface area contributed by atoms with Crippen molar-refractivity contribution < 1.29 is 32.7 Å². The molecule has 3 heterocycles. The summed E-state index contributed by atoms with van der Waals surface area (Å²) in [7, 11) is -3.39. The van der Waals surface area contributed by atoms with E-state index in [1.165, 1.54) is 16.4 Å². The largest absolute Gasteiger partial charge is 0.593 e. The van der Waals surface area contributed by atoms with Crippen LogP contribution in [0, 0.1) is 0 Å². The van der Waals surface area contributed by atoms with Crippen LogP contribution in [0.15, 0.2) is 42.5 Å². The standard InChI is InChI=1S/C25H25N5O7S/c31-21-9-8-20(22(32)28-21)30-23(33)18-7-6-15(12-19(18)24(30)34)14-26-25(35)27-16-4-3-5-17(13-16)29-10-1-2-11-38(29,36)37/h3-7,12-13,20H,1-2,8-11,14H2,(H3-,26,27,28,31,32,35,36,37). The summed E-state index contributed by atoms with van der Waals surface area (Å²) in [4.78, 5) is 62.8. The first-order valence-electron chi connectivity index (χ1n) is 12.1. The van der Waals surface area contributed by atoms with Crippen LogP contribution in [0.3, 0.4) is 0 Å². The lowest BCUT2D eigenvalue weighted by molar-refractivity contribution is -0.136. The number of benzene rings is 2. The lowest BCUT2D eigenvalue weighted by atomic mass is 10.0. The number of hydrogen-bond acceptors (Lipinski definition) is 7. The van der Waals surface area contributed by atoms with Gasteiger partial charge in [-0.3, -0.25) is 29.4 Å². The van der Waals surface area contributed by atoms with Gasteiger partial charge in [-0.25, -0.2) is 4.79 Å². The second-order valence-electron chi connectivity index (χ2n) is 9.28. The molecule has 2 aromatic carbocycles. The third kappa shape index (κ3) is 4.89. The van der Waals surface area contributed by atoms with E-state index < -0.39 is 46.1 Å². The Morgan fingerprint density at radius 3 is 2.61 bits per heavy atom. The molecule has 0 radical (unpaired) electrons. The van der Waals surface area contributed by atoms with E-state index in [1.807, 2.05) is 0 Å². The van der Waals surface area contributed by atoms with E-state index in [0.717, 1.165) is 11.3 Å². The number of fused-ring (bicyclic) bond motifs is 1. The van der Waals surface area contributed by atoms with E-state index in [1.54, 1.807) is 30.3 Å². The summed E-state index contributed by atoms with van der Waals surface area (Å²) in [5.41, 5.74) is 1.71. The molecule has 2 unspecified atom stereocenters. The molecule has 0 aliphatic carbocycles. The first kappa shape index (κ1) is 25.5. The number of hydrogen-bond donors (Lipinski definition) is 3. The zero-order chi connectivity index (χ0) is 27.0. The molecule has 2 fully saturated rings. The molecule has 3 N–H and O–H groups in total. The number of carbonyl (C=O) groups is 5. The van der Waals surface area contributed by atoms with Gasteiger partial charge in [-0.2, -0.15) is 4.31 Å². The van der Waals surface area contributed by atoms with Gasteiger partial charge in [0.1, 0.15) is 22.2 Å². The molecule has 13 heteroatoms. The van der Waals surface area contributed by atoms with Crippen molar-refractivity contribution in [2.45, 2.75) is 38.3 Å². The Balaban J connectivity index is 1.22. The number of rotatable bonds is 5. The van der Waals surface area contributed by atoms with Crippen LogP contribution in [0.5, 0.6) is 0 Å². The van der Waals surface area contributed by atoms with Crippen LogP contribution < -0.4 is 20.3 Å². The molecule has 6 amide bonds. The molecule has 38 heavy (non-hydrogen) atoms. The van der Waals surface area contributed by atoms with Crippen LogP contribution in [0.2, 0.25) is 0 Å². The fourth-order valence-corrected chi connectivity index (χ4v) is 6.43. The lowest BCUT2D eigenvalue weighted by Crippen LogP contribution is -2.54. The smallest absolute Gasteiger partial charge is 0.319 e. The van der Waals surface area contributed by atoms with Crippen molar-refractivity contribution in [1.29, 1.82) is 0 Å². The van der Waals surface area contributed by atoms with Gasteiger partial charge in [-0.15, -0.1) is 0 Å². The normalized spacial score (nSPS) is 23.2. The van der Waals surface area contributed by atoms with Gasteiger partial charge in [-0.1, -0.05) is 16.3 Å². The minimum Gasteiger partial charge on any atom is -0.593 e. The number of carbonyl (C=O) groups excluding carboxylic acids is 5. The van der Waals surface area contributed by atoms with E-state index in [2.05, 4.69) is 16.0 Å². The van der Waals surface area contributed by atoms with E-state index in [4.69, 9.17) is 0 Å². The highest BCUT2D eigenvalue weighted by molar-refractivity contribution is 7.99. The first-order valence-corrected chi connectivity index (χ1v) is 13.7. The number of urea groups is 1. The number of nitrogens with zero attached hydrogens (tertiary/aromatic N) is 2. The SMILES string of the molecule is O=C1CCC(N2C(=O)c3ccc(CNC(=O)Nc4cccc(N5CCCC[S+]5(=O)[O-])c4)cc3C2=O)C(=O)N1. The minimum absolute atomic E-state index is 0.0326. The van der Waals surface area contributed by atoms with Gasteiger partial charge in [0.15, 0.2) is 0 Å². The maximum Gasteiger partial charge on any atom is 0.319 e. The van der Waals surface area contributed by atoms with Crippen LogP contribution >= 0.6 is 0 Å². The van der Waals surface area contributed by atoms with Crippen LogP contribution in [0.4, 0.5) is 16.2 Å². The van der Waals surface area contributed by atoms with E-state index >= 15 is 0 Å². The molecule has 2 saturated heterocycles. The van der Waals surface area contributed by atoms with Gasteiger partial charge >= 0.3 is 6.03 Å². The predicted octanol–water partition coefficient (Wildman–Crippen LogP) is 1.55. The highest BCUT2D eigenvalue weighted by atomic mass is 32.3. The summed E-state index contributed by atoms with van der Waals surface area (Å²) in [6, 6.07) is 9.52. The molecule has 3 aliphatic heterocycles. The minimum atomic E-state index is -3.39. The monoisotopic (exact) mass is 539 g/mol. The molecule has 198 valence electrons. The predicted molar refractivity (Wildman–Crippen MR) is 136 cm³/mol. The number of piperidine rings is 1. The van der Waals surface area contributed by atoms with Crippen molar-refractivity contribution >= 4 is 51.4 Å². The number of nitrogens with one attached hydrogen (secondary N) is 3. The van der Waals surface area contributed by atoms with Crippen LogP contribution in [-0.4, -0.2) is 57.5 Å². The molecule has 0 spiro atoms. The Morgan fingerprint density at radius 2 is 1.84 bits per heavy atom. The third-order valence-electron chi connectivity index (χ3n) is 6.70. The van der Waals surface area contributed by atoms with Crippen LogP contribution in [0.1, 0.15) is 52.0 Å². The molecule has 2 aromatic rings. The maximum absolute atomic E-state index is 13.0. The average Bonchev–Trinajstić information content (AvgIpc) is 3.12. The van der Waals surface area contributed by atoms with Gasteiger partial charge in [-0.05, 0) is 55.2 Å². The molecule has 0 aromatic heterocycles. The van der Waals surface area contributed by atoms with Crippen molar-refractivity contribution in [3.8, 4) is 0 Å². The van der Waals surface area contributed by atoms with Crippen molar-refractivity contribution in [3.63, 3.8) is 0 Å². The van der Waals surface area contributed by atoms with Crippen molar-refractivity contribution in [2.24, 2.45) is 0 Å². The average molecular weight is 540 g/mol. The summed E-state index contributed by atoms with van der Waals surface area (Å²) < 4.78 is 26.1. The Labute approximate surface area is 219 Å². The van der Waals surface area contributed by atoms with Crippen molar-refractivity contribution in [2.75, 3.05) is 21.9 Å². The number of sulfonamides is 1. The fraction of sp³-hybridized carbons (Fsp3) is 0.320. The molecular weight excluding hydrogens is 514 g/mol. The molecule has 12 nitrogen and oxygen atoms in total. The molecule has 0 bridgehead atoms. The zero-order valence-corrected chi connectivity index (χ0v) is 21.0. The van der Waals surface area contributed by atoms with Gasteiger partial charge in [0.25, 0.3) is 11.8 Å². The van der Waals surface area contributed by atoms with Crippen molar-refractivity contribution in [3.05, 3.63) is 59.2 Å². The molecule has 0 saturated carbocycles. The second kappa shape index (κ2) is 9.99. The van der Waals surface area contributed by atoms with Crippen molar-refractivity contribution in [1.82, 2.24) is 15.5 Å². The number of amides is 6. The molecule has 5 rings (SSSR count). The van der Waals surface area contributed by atoms with E-state index in [0.29, 0.717) is 29.9 Å². The van der Waals surface area contributed by atoms with Gasteiger partial charge in [0, 0.05) is 18.7 Å². The second-order valence-corrected chi connectivity index (χ2v) is 11.3. The van der Waals surface area contributed by atoms with E-state index in [-0.39, 0.29) is 36.3 Å². The molecule has 2 atom stereocenters. The van der Waals surface area contributed by atoms with Gasteiger partial charge < -0.3 is 15.2 Å². The van der Waals surface area contributed by atoms with E-state index in [9.17, 15) is 32.7 Å². The van der Waals surface area contributed by atoms with Gasteiger partial charge in [0.05, 0.1) is 23.4 Å². The van der Waals surface area contributed by atoms with Gasteiger partial charge in [0.2, 0.25) is 11.8 Å². The quantitative estimate of drug-likeness (QED) is 0.383. The third-order valence-corrected chi connectivity index (χ3v) is 8.57. The topological polar surface area (TPSA) is 168 Å². The zero-order valence-electron chi connectivity index (χ0n) is 20.2. The van der Waals surface area contributed by atoms with Crippen LogP contribution in [-0.2, 0) is 30.7 Å². The molecular formula is C25H25N5O7S. The Kier molecular flexibility index (Phi) is 6.71. The fourth-order valence-electron chi connectivity index (χ4n) is 4.80. The summed E-state index contributed by atoms with van der Waals surface area (Å²) >= 11 is 0. The summed E-state index contributed by atoms with van der Waals surface area (Å²) in [6.07, 6.45) is 1.48. The Hall–Kier alpha value is -4.10. The highest BCUT2D eigenvalue weighted by Gasteiger charge is 2.44. The summed E-state index contributed by atoms with van der Waals surface area (Å²) in [5, 5.41) is 7.50. The highest BCUT2D eigenvalue weighted by Crippen LogP contribution is 2.30. The van der Waals surface area contributed by atoms with Crippen LogP contribution in [0.25, 0.3) is 0 Å². The lowest BCUT2D eigenvalue weighted by Gasteiger charge is -2.33. The number of anilines is 2.